The van der Waals surface area contributed by atoms with Crippen molar-refractivity contribution in [3.05, 3.63) is 29.3 Å². The highest BCUT2D eigenvalue weighted by Crippen LogP contribution is 2.25. The fourth-order valence-electron chi connectivity index (χ4n) is 3.33. The first-order valence-corrected chi connectivity index (χ1v) is 9.57. The lowest BCUT2D eigenvalue weighted by Crippen LogP contribution is -2.38. The van der Waals surface area contributed by atoms with Crippen LogP contribution in [0.3, 0.4) is 0 Å². The predicted molar refractivity (Wildman–Crippen MR) is 86.8 cm³/mol. The summed E-state index contributed by atoms with van der Waals surface area (Å²) in [7, 11) is -1.10. The third kappa shape index (κ3) is 3.50. The molecule has 1 aromatic rings. The molecule has 0 saturated carbocycles. The van der Waals surface area contributed by atoms with Crippen molar-refractivity contribution in [1.82, 2.24) is 4.90 Å². The molecular weight excluding hydrogens is 300 g/mol. The molecule has 1 aliphatic carbocycles. The van der Waals surface area contributed by atoms with Gasteiger partial charge >= 0.3 is 0 Å². The first-order valence-electron chi connectivity index (χ1n) is 7.75. The molecule has 2 aliphatic rings. The lowest BCUT2D eigenvalue weighted by Gasteiger charge is -2.22. The molecule has 1 fully saturated rings. The van der Waals surface area contributed by atoms with Crippen molar-refractivity contribution in [2.24, 2.45) is 0 Å². The molecule has 1 atom stereocenters. The maximum atomic E-state index is 12.1. The first-order chi connectivity index (χ1) is 10.4. The molecule has 3 rings (SSSR count). The summed E-state index contributed by atoms with van der Waals surface area (Å²) in [6, 6.07) is 6.05. The molecular formula is C16H22N2O3S. The Labute approximate surface area is 131 Å². The summed E-state index contributed by atoms with van der Waals surface area (Å²) < 4.78 is 23.0. The van der Waals surface area contributed by atoms with E-state index in [1.165, 1.54) is 17.5 Å². The molecule has 0 spiro atoms. The number of anilines is 1. The first kappa shape index (κ1) is 15.5. The third-order valence-corrected chi connectivity index (χ3v) is 6.36. The van der Waals surface area contributed by atoms with Gasteiger partial charge in [-0.1, -0.05) is 6.07 Å². The molecule has 1 aromatic carbocycles. The van der Waals surface area contributed by atoms with Crippen LogP contribution >= 0.6 is 0 Å². The van der Waals surface area contributed by atoms with E-state index in [-0.39, 0.29) is 30.0 Å². The summed E-state index contributed by atoms with van der Waals surface area (Å²) in [5, 5.41) is 2.92. The van der Waals surface area contributed by atoms with E-state index in [0.717, 1.165) is 18.5 Å². The lowest BCUT2D eigenvalue weighted by molar-refractivity contribution is -0.117. The molecule has 1 aliphatic heterocycles. The molecule has 6 heteroatoms. The van der Waals surface area contributed by atoms with Gasteiger partial charge in [-0.25, -0.2) is 8.42 Å². The average molecular weight is 322 g/mol. The number of carbonyl (C=O) groups excluding carboxylic acids is 1. The molecule has 5 nitrogen and oxygen atoms in total. The largest absolute Gasteiger partial charge is 0.325 e. The van der Waals surface area contributed by atoms with E-state index in [2.05, 4.69) is 17.4 Å². The van der Waals surface area contributed by atoms with Crippen molar-refractivity contribution in [1.29, 1.82) is 0 Å². The molecule has 120 valence electrons. The fraction of sp³-hybridized carbons (Fsp3) is 0.562. The number of aryl methyl sites for hydroxylation is 2. The monoisotopic (exact) mass is 322 g/mol. The summed E-state index contributed by atoms with van der Waals surface area (Å²) in [6.45, 7) is 0.220. The summed E-state index contributed by atoms with van der Waals surface area (Å²) >= 11 is 0. The number of carbonyl (C=O) groups is 1. The van der Waals surface area contributed by atoms with Gasteiger partial charge in [0.2, 0.25) is 5.91 Å². The minimum absolute atomic E-state index is 0.0456. The lowest BCUT2D eigenvalue weighted by atomic mass is 10.1. The summed E-state index contributed by atoms with van der Waals surface area (Å²) in [5.74, 6) is 0.300. The molecule has 1 heterocycles. The van der Waals surface area contributed by atoms with Gasteiger partial charge < -0.3 is 5.32 Å². The van der Waals surface area contributed by atoms with E-state index < -0.39 is 9.84 Å². The molecule has 0 radical (unpaired) electrons. The van der Waals surface area contributed by atoms with E-state index in [0.29, 0.717) is 6.42 Å². The van der Waals surface area contributed by atoms with E-state index in [9.17, 15) is 13.2 Å². The Morgan fingerprint density at radius 1 is 1.32 bits per heavy atom. The van der Waals surface area contributed by atoms with Crippen molar-refractivity contribution in [3.63, 3.8) is 0 Å². The highest BCUT2D eigenvalue weighted by atomic mass is 32.2. The normalized spacial score (nSPS) is 22.7. The predicted octanol–water partition coefficient (Wildman–Crippen LogP) is 1.23. The van der Waals surface area contributed by atoms with Gasteiger partial charge in [0, 0.05) is 11.7 Å². The number of nitrogens with one attached hydrogen (secondary N) is 1. The summed E-state index contributed by atoms with van der Waals surface area (Å²) in [6.07, 6.45) is 4.01. The van der Waals surface area contributed by atoms with Crippen LogP contribution in [-0.2, 0) is 27.5 Å². The van der Waals surface area contributed by atoms with Gasteiger partial charge in [-0.3, -0.25) is 9.69 Å². The SMILES string of the molecule is CN(CC(=O)Nc1ccc2c(c1)CCC2)[C@@H]1CCS(=O)(=O)C1. The number of sulfone groups is 1. The zero-order chi connectivity index (χ0) is 15.7. The molecule has 0 aromatic heterocycles. The Bertz CT molecular complexity index is 685. The Morgan fingerprint density at radius 2 is 2.09 bits per heavy atom. The van der Waals surface area contributed by atoms with E-state index in [1.54, 1.807) is 0 Å². The molecule has 1 N–H and O–H groups in total. The van der Waals surface area contributed by atoms with Crippen LogP contribution in [0, 0.1) is 0 Å². The van der Waals surface area contributed by atoms with Gasteiger partial charge in [0.15, 0.2) is 9.84 Å². The second-order valence-corrected chi connectivity index (χ2v) is 8.59. The quantitative estimate of drug-likeness (QED) is 0.905. The number of rotatable bonds is 4. The van der Waals surface area contributed by atoms with E-state index in [1.807, 2.05) is 18.0 Å². The van der Waals surface area contributed by atoms with Gasteiger partial charge in [0.1, 0.15) is 0 Å². The molecule has 22 heavy (non-hydrogen) atoms. The van der Waals surface area contributed by atoms with Crippen LogP contribution in [0.15, 0.2) is 18.2 Å². The van der Waals surface area contributed by atoms with Gasteiger partial charge in [-0.05, 0) is 56.0 Å². The highest BCUT2D eigenvalue weighted by molar-refractivity contribution is 7.91. The minimum atomic E-state index is -2.92. The van der Waals surface area contributed by atoms with Gasteiger partial charge in [-0.15, -0.1) is 0 Å². The number of nitrogens with zero attached hydrogens (tertiary/aromatic N) is 1. The summed E-state index contributed by atoms with van der Waals surface area (Å²) in [5.41, 5.74) is 3.54. The van der Waals surface area contributed by atoms with Crippen LogP contribution in [0.4, 0.5) is 5.69 Å². The van der Waals surface area contributed by atoms with E-state index in [4.69, 9.17) is 0 Å². The molecule has 1 saturated heterocycles. The van der Waals surface area contributed by atoms with Crippen molar-refractivity contribution in [2.45, 2.75) is 31.7 Å². The molecule has 1 amide bonds. The maximum absolute atomic E-state index is 12.1. The Kier molecular flexibility index (Phi) is 4.23. The minimum Gasteiger partial charge on any atom is -0.325 e. The number of fused-ring (bicyclic) bond motifs is 1. The van der Waals surface area contributed by atoms with Crippen LogP contribution in [0.2, 0.25) is 0 Å². The third-order valence-electron chi connectivity index (χ3n) is 4.61. The second kappa shape index (κ2) is 6.01. The van der Waals surface area contributed by atoms with Crippen molar-refractivity contribution >= 4 is 21.4 Å². The maximum Gasteiger partial charge on any atom is 0.238 e. The topological polar surface area (TPSA) is 66.5 Å². The number of benzene rings is 1. The standard InChI is InChI=1S/C16H22N2O3S/c1-18(15-7-8-22(20,21)11-15)10-16(19)17-14-6-5-12-3-2-4-13(12)9-14/h5-6,9,15H,2-4,7-8,10-11H2,1H3,(H,17,19)/t15-/m1/s1. The molecule has 0 unspecified atom stereocenters. The van der Waals surface area contributed by atoms with Crippen LogP contribution in [0.1, 0.15) is 24.0 Å². The zero-order valence-corrected chi connectivity index (χ0v) is 13.7. The smallest absolute Gasteiger partial charge is 0.238 e. The van der Waals surface area contributed by atoms with E-state index >= 15 is 0 Å². The van der Waals surface area contributed by atoms with Crippen LogP contribution in [0.25, 0.3) is 0 Å². The fourth-order valence-corrected chi connectivity index (χ4v) is 5.13. The Balaban J connectivity index is 1.56. The highest BCUT2D eigenvalue weighted by Gasteiger charge is 2.31. The van der Waals surface area contributed by atoms with Gasteiger partial charge in [0.05, 0.1) is 18.1 Å². The number of hydrogen-bond donors (Lipinski definition) is 1. The average Bonchev–Trinajstić information content (AvgIpc) is 3.04. The second-order valence-electron chi connectivity index (χ2n) is 6.36. The summed E-state index contributed by atoms with van der Waals surface area (Å²) in [4.78, 5) is 14.0. The Morgan fingerprint density at radius 3 is 2.82 bits per heavy atom. The number of likely N-dealkylation sites (N-methyl/N-ethyl adjacent to an activating group) is 1. The van der Waals surface area contributed by atoms with Crippen molar-refractivity contribution < 1.29 is 13.2 Å². The van der Waals surface area contributed by atoms with Gasteiger partial charge in [-0.2, -0.15) is 0 Å². The van der Waals surface area contributed by atoms with Crippen molar-refractivity contribution in [2.75, 3.05) is 30.4 Å². The van der Waals surface area contributed by atoms with Crippen molar-refractivity contribution in [3.8, 4) is 0 Å². The van der Waals surface area contributed by atoms with Crippen LogP contribution in [0.5, 0.6) is 0 Å². The number of amides is 1. The van der Waals surface area contributed by atoms with Crippen LogP contribution < -0.4 is 5.32 Å². The Hall–Kier alpha value is -1.40. The molecule has 0 bridgehead atoms. The van der Waals surface area contributed by atoms with Gasteiger partial charge in [0.25, 0.3) is 0 Å². The van der Waals surface area contributed by atoms with Crippen LogP contribution in [-0.4, -0.2) is 50.4 Å². The zero-order valence-electron chi connectivity index (χ0n) is 12.8. The number of hydrogen-bond acceptors (Lipinski definition) is 4.